The molecule has 0 aromatic heterocycles. The summed E-state index contributed by atoms with van der Waals surface area (Å²) in [6, 6.07) is 0. The van der Waals surface area contributed by atoms with Crippen LogP contribution in [-0.2, 0) is 0 Å². The molecule has 2 aliphatic rings. The Morgan fingerprint density at radius 2 is 0.875 bits per heavy atom. The minimum absolute atomic E-state index is 1.11. The molecule has 0 N–H and O–H groups in total. The van der Waals surface area contributed by atoms with E-state index in [4.69, 9.17) is 0 Å². The molecule has 0 nitrogen and oxygen atoms in total. The zero-order chi connectivity index (χ0) is 11.7. The summed E-state index contributed by atoms with van der Waals surface area (Å²) in [5.74, 6) is 0. The second kappa shape index (κ2) is 4.60. The molecule has 1 heteroatoms. The third kappa shape index (κ3) is 2.47. The van der Waals surface area contributed by atoms with E-state index in [1.165, 1.54) is 38.5 Å². The van der Waals surface area contributed by atoms with Crippen LogP contribution in [0.5, 0.6) is 0 Å². The summed E-state index contributed by atoms with van der Waals surface area (Å²) in [5, 5.41) is 0. The average Bonchev–Trinajstić information content (AvgIpc) is 2.31. The van der Waals surface area contributed by atoms with E-state index in [-0.39, 0.29) is 0 Å². The Morgan fingerprint density at radius 1 is 0.562 bits per heavy atom. The van der Waals surface area contributed by atoms with Crippen LogP contribution >= 0.6 is 6.60 Å². The van der Waals surface area contributed by atoms with Crippen LogP contribution in [0.4, 0.5) is 0 Å². The molecule has 0 unspecified atom stereocenters. The Labute approximate surface area is 103 Å². The van der Waals surface area contributed by atoms with Gasteiger partial charge in [-0.2, -0.15) is 0 Å². The van der Waals surface area contributed by atoms with Gasteiger partial charge in [0, 0.05) is 0 Å². The molecule has 0 aromatic rings. The van der Waals surface area contributed by atoms with Crippen LogP contribution in [0, 0.1) is 0 Å². The maximum atomic E-state index is 2.72. The molecule has 0 aromatic carbocycles. The number of hydrogen-bond donors (Lipinski definition) is 0. The summed E-state index contributed by atoms with van der Waals surface area (Å²) in [6.07, 6.45) is 15.3. The molecular weight excluding hydrogens is 211 g/mol. The van der Waals surface area contributed by atoms with Crippen molar-refractivity contribution in [2.75, 3.05) is 20.0 Å². The fraction of sp³-hybridized carbons (Fsp3) is 1.00. The standard InChI is InChI=1S/C15H31P/c1-16(2,3,14-10-6-4-7-11-14)15-12-8-5-9-13-15/h14-15H,4-13H2,1-3H3. The van der Waals surface area contributed by atoms with Gasteiger partial charge in [-0.15, -0.1) is 0 Å². The Balaban J connectivity index is 2.10. The Morgan fingerprint density at radius 3 is 1.19 bits per heavy atom. The topological polar surface area (TPSA) is 0 Å². The van der Waals surface area contributed by atoms with Crippen LogP contribution in [0.2, 0.25) is 0 Å². The number of hydrogen-bond acceptors (Lipinski definition) is 0. The fourth-order valence-electron chi connectivity index (χ4n) is 4.31. The maximum absolute atomic E-state index is 2.72. The van der Waals surface area contributed by atoms with Gasteiger partial charge in [-0.25, -0.2) is 0 Å². The predicted octanol–water partition coefficient (Wildman–Crippen LogP) is 5.09. The van der Waals surface area contributed by atoms with E-state index in [0.717, 1.165) is 11.3 Å². The molecule has 2 saturated carbocycles. The first-order chi connectivity index (χ1) is 7.49. The second-order valence-electron chi connectivity index (χ2n) is 7.62. The van der Waals surface area contributed by atoms with Crippen molar-refractivity contribution in [3.05, 3.63) is 0 Å². The van der Waals surface area contributed by atoms with Crippen molar-refractivity contribution in [2.24, 2.45) is 0 Å². The van der Waals surface area contributed by atoms with Crippen LogP contribution in [0.1, 0.15) is 64.2 Å². The first-order valence-electron chi connectivity index (χ1n) is 7.49. The van der Waals surface area contributed by atoms with Crippen LogP contribution in [0.25, 0.3) is 0 Å². The second-order valence-corrected chi connectivity index (χ2v) is 15.2. The van der Waals surface area contributed by atoms with E-state index in [0.29, 0.717) is 0 Å². The Hall–Kier alpha value is 0.430. The molecule has 0 aliphatic heterocycles. The van der Waals surface area contributed by atoms with E-state index in [2.05, 4.69) is 20.0 Å². The SMILES string of the molecule is CP(C)(C)(C1CCCCC1)C1CCCCC1. The van der Waals surface area contributed by atoms with Gasteiger partial charge < -0.3 is 0 Å². The predicted molar refractivity (Wildman–Crippen MR) is 78.4 cm³/mol. The molecule has 0 heterocycles. The van der Waals surface area contributed by atoms with E-state index in [1.54, 1.807) is 25.7 Å². The van der Waals surface area contributed by atoms with Gasteiger partial charge in [0.25, 0.3) is 0 Å². The Kier molecular flexibility index (Phi) is 3.70. The zero-order valence-electron chi connectivity index (χ0n) is 11.7. The molecule has 0 amide bonds. The van der Waals surface area contributed by atoms with Crippen molar-refractivity contribution in [3.63, 3.8) is 0 Å². The van der Waals surface area contributed by atoms with Crippen molar-refractivity contribution < 1.29 is 0 Å². The first kappa shape index (κ1) is 12.9. The van der Waals surface area contributed by atoms with Crippen LogP contribution in [0.15, 0.2) is 0 Å². The number of rotatable bonds is 2. The van der Waals surface area contributed by atoms with Gasteiger partial charge in [0.05, 0.1) is 0 Å². The van der Waals surface area contributed by atoms with Crippen molar-refractivity contribution in [3.8, 4) is 0 Å². The summed E-state index contributed by atoms with van der Waals surface area (Å²) >= 11 is 0. The average molecular weight is 242 g/mol. The van der Waals surface area contributed by atoms with E-state index < -0.39 is 6.60 Å². The molecule has 0 atom stereocenters. The molecule has 0 saturated heterocycles. The molecule has 2 fully saturated rings. The van der Waals surface area contributed by atoms with E-state index >= 15 is 0 Å². The molecule has 0 bridgehead atoms. The molecule has 16 heavy (non-hydrogen) atoms. The third-order valence-corrected chi connectivity index (χ3v) is 12.0. The van der Waals surface area contributed by atoms with Crippen LogP contribution in [-0.4, -0.2) is 31.3 Å². The summed E-state index contributed by atoms with van der Waals surface area (Å²) in [4.78, 5) is 0. The molecule has 2 aliphatic carbocycles. The summed E-state index contributed by atoms with van der Waals surface area (Å²) in [7, 11) is 0. The summed E-state index contributed by atoms with van der Waals surface area (Å²) in [5.41, 5.74) is 2.23. The third-order valence-electron chi connectivity index (χ3n) is 5.76. The van der Waals surface area contributed by atoms with Gasteiger partial charge in [-0.3, -0.25) is 0 Å². The van der Waals surface area contributed by atoms with Crippen LogP contribution < -0.4 is 0 Å². The van der Waals surface area contributed by atoms with Crippen molar-refractivity contribution in [1.82, 2.24) is 0 Å². The van der Waals surface area contributed by atoms with E-state index in [9.17, 15) is 0 Å². The van der Waals surface area contributed by atoms with Crippen molar-refractivity contribution in [2.45, 2.75) is 75.5 Å². The van der Waals surface area contributed by atoms with Crippen molar-refractivity contribution >= 4 is 6.60 Å². The van der Waals surface area contributed by atoms with Gasteiger partial charge in [0.1, 0.15) is 0 Å². The summed E-state index contributed by atoms with van der Waals surface area (Å²) < 4.78 is 0. The van der Waals surface area contributed by atoms with Crippen LogP contribution in [0.3, 0.4) is 0 Å². The first-order valence-corrected chi connectivity index (χ1v) is 11.2. The molecule has 2 rings (SSSR count). The molecule has 96 valence electrons. The fourth-order valence-corrected chi connectivity index (χ4v) is 9.33. The monoisotopic (exact) mass is 242 g/mol. The van der Waals surface area contributed by atoms with Gasteiger partial charge >= 0.3 is 102 Å². The van der Waals surface area contributed by atoms with Gasteiger partial charge in [0.15, 0.2) is 0 Å². The Bertz CT molecular complexity index is 202. The minimum atomic E-state index is -1.38. The molecular formula is C15H31P. The molecule has 0 spiro atoms. The van der Waals surface area contributed by atoms with E-state index in [1.807, 2.05) is 0 Å². The van der Waals surface area contributed by atoms with Gasteiger partial charge in [0.2, 0.25) is 0 Å². The van der Waals surface area contributed by atoms with Crippen molar-refractivity contribution in [1.29, 1.82) is 0 Å². The van der Waals surface area contributed by atoms with Gasteiger partial charge in [-0.05, 0) is 0 Å². The summed E-state index contributed by atoms with van der Waals surface area (Å²) in [6.45, 7) is 6.78. The van der Waals surface area contributed by atoms with Gasteiger partial charge in [-0.1, -0.05) is 0 Å². The zero-order valence-corrected chi connectivity index (χ0v) is 12.6. The normalized spacial score (nSPS) is 28.6. The molecule has 0 radical (unpaired) electrons. The quantitative estimate of drug-likeness (QED) is 0.591.